The Labute approximate surface area is 63.0 Å². The van der Waals surface area contributed by atoms with E-state index in [4.69, 9.17) is 0 Å². The fourth-order valence-corrected chi connectivity index (χ4v) is 1.05. The SMILES string of the molecule is C=CC(=C)CCC1CN1C. The maximum absolute atomic E-state index is 3.86. The van der Waals surface area contributed by atoms with E-state index < -0.39 is 0 Å². The first-order valence-electron chi connectivity index (χ1n) is 3.74. The van der Waals surface area contributed by atoms with E-state index in [1.165, 1.54) is 18.5 Å². The first-order valence-corrected chi connectivity index (χ1v) is 3.74. The van der Waals surface area contributed by atoms with Crippen LogP contribution >= 0.6 is 0 Å². The molecule has 1 saturated heterocycles. The predicted molar refractivity (Wildman–Crippen MR) is 45.0 cm³/mol. The molecule has 0 aromatic rings. The highest BCUT2D eigenvalue weighted by Crippen LogP contribution is 2.20. The van der Waals surface area contributed by atoms with Gasteiger partial charge in [0.15, 0.2) is 0 Å². The number of likely N-dealkylation sites (N-methyl/N-ethyl adjacent to an activating group) is 1. The predicted octanol–water partition coefficient (Wildman–Crippen LogP) is 1.82. The molecule has 1 nitrogen and oxygen atoms in total. The Balaban J connectivity index is 2.06. The lowest BCUT2D eigenvalue weighted by atomic mass is 10.1. The third kappa shape index (κ3) is 1.99. The molecule has 1 aliphatic rings. The largest absolute Gasteiger partial charge is 0.301 e. The molecular weight excluding hydrogens is 122 g/mol. The third-order valence-electron chi connectivity index (χ3n) is 2.08. The van der Waals surface area contributed by atoms with Crippen LogP contribution in [0.4, 0.5) is 0 Å². The van der Waals surface area contributed by atoms with Crippen LogP contribution < -0.4 is 0 Å². The molecule has 0 radical (unpaired) electrons. The molecule has 0 aromatic heterocycles. The normalized spacial score (nSPS) is 29.7. The van der Waals surface area contributed by atoms with E-state index in [1.807, 2.05) is 6.08 Å². The van der Waals surface area contributed by atoms with Gasteiger partial charge in [-0.05, 0) is 19.9 Å². The molecule has 10 heavy (non-hydrogen) atoms. The molecule has 1 heterocycles. The summed E-state index contributed by atoms with van der Waals surface area (Å²) >= 11 is 0. The van der Waals surface area contributed by atoms with Gasteiger partial charge in [-0.3, -0.25) is 0 Å². The molecular formula is C9H15N. The van der Waals surface area contributed by atoms with E-state index in [0.717, 1.165) is 12.5 Å². The van der Waals surface area contributed by atoms with Crippen molar-refractivity contribution in [2.75, 3.05) is 13.6 Å². The second kappa shape index (κ2) is 3.02. The van der Waals surface area contributed by atoms with Gasteiger partial charge in [-0.25, -0.2) is 0 Å². The molecule has 0 spiro atoms. The van der Waals surface area contributed by atoms with E-state index in [1.54, 1.807) is 0 Å². The highest BCUT2D eigenvalue weighted by molar-refractivity contribution is 5.11. The van der Waals surface area contributed by atoms with E-state index in [2.05, 4.69) is 25.1 Å². The fourth-order valence-electron chi connectivity index (χ4n) is 1.05. The standard InChI is InChI=1S/C9H15N/c1-4-8(2)5-6-9-7-10(9)3/h4,9H,1-2,5-7H2,3H3. The highest BCUT2D eigenvalue weighted by atomic mass is 15.3. The van der Waals surface area contributed by atoms with Gasteiger partial charge >= 0.3 is 0 Å². The van der Waals surface area contributed by atoms with Crippen LogP contribution in [0.1, 0.15) is 12.8 Å². The maximum Gasteiger partial charge on any atom is 0.0223 e. The van der Waals surface area contributed by atoms with Crippen molar-refractivity contribution in [1.29, 1.82) is 0 Å². The Hall–Kier alpha value is -0.560. The summed E-state index contributed by atoms with van der Waals surface area (Å²) < 4.78 is 0. The van der Waals surface area contributed by atoms with Gasteiger partial charge in [0.2, 0.25) is 0 Å². The summed E-state index contributed by atoms with van der Waals surface area (Å²) in [7, 11) is 2.15. The summed E-state index contributed by atoms with van der Waals surface area (Å²) in [6, 6.07) is 0.830. The molecule has 0 amide bonds. The molecule has 2 unspecified atom stereocenters. The van der Waals surface area contributed by atoms with Gasteiger partial charge in [0.05, 0.1) is 0 Å². The quantitative estimate of drug-likeness (QED) is 0.422. The Morgan fingerprint density at radius 3 is 2.80 bits per heavy atom. The van der Waals surface area contributed by atoms with Gasteiger partial charge in [0.1, 0.15) is 0 Å². The minimum atomic E-state index is 0.830. The minimum absolute atomic E-state index is 0.830. The van der Waals surface area contributed by atoms with Gasteiger partial charge < -0.3 is 4.90 Å². The van der Waals surface area contributed by atoms with Crippen LogP contribution in [0.15, 0.2) is 24.8 Å². The van der Waals surface area contributed by atoms with Crippen molar-refractivity contribution in [1.82, 2.24) is 4.90 Å². The van der Waals surface area contributed by atoms with Gasteiger partial charge in [-0.1, -0.05) is 24.8 Å². The summed E-state index contributed by atoms with van der Waals surface area (Å²) in [4.78, 5) is 2.34. The lowest BCUT2D eigenvalue weighted by Gasteiger charge is -1.97. The van der Waals surface area contributed by atoms with Crippen molar-refractivity contribution < 1.29 is 0 Å². The van der Waals surface area contributed by atoms with Crippen molar-refractivity contribution in [3.8, 4) is 0 Å². The Morgan fingerprint density at radius 1 is 1.80 bits per heavy atom. The van der Waals surface area contributed by atoms with E-state index >= 15 is 0 Å². The van der Waals surface area contributed by atoms with E-state index in [9.17, 15) is 0 Å². The van der Waals surface area contributed by atoms with Crippen molar-refractivity contribution in [3.05, 3.63) is 24.8 Å². The number of hydrogen-bond donors (Lipinski definition) is 0. The zero-order valence-electron chi connectivity index (χ0n) is 6.64. The molecule has 0 aromatic carbocycles. The van der Waals surface area contributed by atoms with E-state index in [0.29, 0.717) is 0 Å². The first kappa shape index (κ1) is 7.55. The van der Waals surface area contributed by atoms with Crippen molar-refractivity contribution >= 4 is 0 Å². The number of hydrogen-bond acceptors (Lipinski definition) is 1. The van der Waals surface area contributed by atoms with Gasteiger partial charge in [0.25, 0.3) is 0 Å². The molecule has 0 aliphatic carbocycles. The van der Waals surface area contributed by atoms with Crippen LogP contribution in [0.5, 0.6) is 0 Å². The summed E-state index contributed by atoms with van der Waals surface area (Å²) in [5, 5.41) is 0. The summed E-state index contributed by atoms with van der Waals surface area (Å²) in [5.74, 6) is 0. The molecule has 1 fully saturated rings. The molecule has 0 saturated carbocycles. The van der Waals surface area contributed by atoms with Crippen LogP contribution in [0.25, 0.3) is 0 Å². The molecule has 56 valence electrons. The van der Waals surface area contributed by atoms with Crippen LogP contribution in [0.3, 0.4) is 0 Å². The number of allylic oxidation sites excluding steroid dienone is 2. The summed E-state index contributed by atoms with van der Waals surface area (Å²) in [6.07, 6.45) is 4.21. The summed E-state index contributed by atoms with van der Waals surface area (Å²) in [6.45, 7) is 8.79. The lowest BCUT2D eigenvalue weighted by molar-refractivity contribution is 0.588. The number of rotatable bonds is 4. The molecule has 1 aliphatic heterocycles. The molecule has 0 N–H and O–H groups in total. The zero-order valence-corrected chi connectivity index (χ0v) is 6.64. The smallest absolute Gasteiger partial charge is 0.0223 e. The van der Waals surface area contributed by atoms with E-state index in [-0.39, 0.29) is 0 Å². The Kier molecular flexibility index (Phi) is 2.28. The van der Waals surface area contributed by atoms with Crippen LogP contribution in [-0.4, -0.2) is 24.5 Å². The average molecular weight is 137 g/mol. The van der Waals surface area contributed by atoms with Crippen LogP contribution in [0, 0.1) is 0 Å². The van der Waals surface area contributed by atoms with Crippen LogP contribution in [0.2, 0.25) is 0 Å². The van der Waals surface area contributed by atoms with Crippen molar-refractivity contribution in [3.63, 3.8) is 0 Å². The van der Waals surface area contributed by atoms with Gasteiger partial charge in [-0.15, -0.1) is 0 Å². The topological polar surface area (TPSA) is 3.01 Å². The second-order valence-corrected chi connectivity index (χ2v) is 2.99. The molecule has 2 atom stereocenters. The Morgan fingerprint density at radius 2 is 2.40 bits per heavy atom. The van der Waals surface area contributed by atoms with Gasteiger partial charge in [-0.2, -0.15) is 0 Å². The second-order valence-electron chi connectivity index (χ2n) is 2.99. The minimum Gasteiger partial charge on any atom is -0.301 e. The highest BCUT2D eigenvalue weighted by Gasteiger charge is 2.28. The monoisotopic (exact) mass is 137 g/mol. The average Bonchev–Trinajstić information content (AvgIpc) is 2.61. The third-order valence-corrected chi connectivity index (χ3v) is 2.08. The lowest BCUT2D eigenvalue weighted by Crippen LogP contribution is -1.93. The van der Waals surface area contributed by atoms with Gasteiger partial charge in [0, 0.05) is 12.6 Å². The van der Waals surface area contributed by atoms with Crippen LogP contribution in [-0.2, 0) is 0 Å². The summed E-state index contributed by atoms with van der Waals surface area (Å²) in [5.41, 5.74) is 1.17. The Bertz CT molecular complexity index is 149. The first-order chi connectivity index (χ1) is 4.74. The molecule has 1 heteroatoms. The van der Waals surface area contributed by atoms with Crippen molar-refractivity contribution in [2.24, 2.45) is 0 Å². The van der Waals surface area contributed by atoms with Crippen molar-refractivity contribution in [2.45, 2.75) is 18.9 Å². The molecule has 1 rings (SSSR count). The zero-order chi connectivity index (χ0) is 7.56. The maximum atomic E-state index is 3.86. The fraction of sp³-hybridized carbons (Fsp3) is 0.556. The molecule has 0 bridgehead atoms. The number of nitrogens with zero attached hydrogens (tertiary/aromatic N) is 1.